The smallest absolute Gasteiger partial charge is 0.201 e. The molecule has 0 aliphatic carbocycles. The maximum Gasteiger partial charge on any atom is 0.201 e. The van der Waals surface area contributed by atoms with Crippen molar-refractivity contribution in [2.24, 2.45) is 0 Å². The minimum absolute atomic E-state index is 0.278. The molecule has 3 rings (SSSR count). The SMILES string of the molecule is CCc1ccc(Cn2c(N)nc3ccc(F)cc32)cc1. The second-order valence-corrected chi connectivity index (χ2v) is 4.86. The monoisotopic (exact) mass is 269 g/mol. The molecule has 0 bridgehead atoms. The highest BCUT2D eigenvalue weighted by molar-refractivity contribution is 5.78. The topological polar surface area (TPSA) is 43.8 Å². The fraction of sp³-hybridized carbons (Fsp3) is 0.188. The molecule has 0 spiro atoms. The normalized spacial score (nSPS) is 11.1. The van der Waals surface area contributed by atoms with E-state index in [-0.39, 0.29) is 5.82 Å². The number of hydrogen-bond acceptors (Lipinski definition) is 2. The number of hydrogen-bond donors (Lipinski definition) is 1. The maximum atomic E-state index is 13.4. The average Bonchev–Trinajstić information content (AvgIpc) is 2.76. The minimum atomic E-state index is -0.278. The maximum absolute atomic E-state index is 13.4. The van der Waals surface area contributed by atoms with Gasteiger partial charge in [0, 0.05) is 0 Å². The highest BCUT2D eigenvalue weighted by Gasteiger charge is 2.09. The molecule has 0 atom stereocenters. The Balaban J connectivity index is 2.00. The predicted octanol–water partition coefficient (Wildman–Crippen LogP) is 3.37. The number of imidazole rings is 1. The van der Waals surface area contributed by atoms with E-state index in [0.717, 1.165) is 17.5 Å². The van der Waals surface area contributed by atoms with Gasteiger partial charge in [-0.05, 0) is 35.7 Å². The Bertz CT molecular complexity index is 744. The Morgan fingerprint density at radius 1 is 1.10 bits per heavy atom. The summed E-state index contributed by atoms with van der Waals surface area (Å²) in [5.41, 5.74) is 9.79. The second kappa shape index (κ2) is 4.96. The molecule has 0 fully saturated rings. The van der Waals surface area contributed by atoms with Gasteiger partial charge in [0.2, 0.25) is 5.95 Å². The fourth-order valence-corrected chi connectivity index (χ4v) is 2.34. The molecule has 0 saturated carbocycles. The molecule has 1 heterocycles. The van der Waals surface area contributed by atoms with Gasteiger partial charge in [0.1, 0.15) is 5.82 Å². The van der Waals surface area contributed by atoms with Gasteiger partial charge in [-0.1, -0.05) is 31.2 Å². The van der Waals surface area contributed by atoms with Gasteiger partial charge in [-0.15, -0.1) is 0 Å². The summed E-state index contributed by atoms with van der Waals surface area (Å²) in [6, 6.07) is 12.9. The molecular weight excluding hydrogens is 253 g/mol. The van der Waals surface area contributed by atoms with Crippen LogP contribution >= 0.6 is 0 Å². The van der Waals surface area contributed by atoms with E-state index in [1.807, 2.05) is 4.57 Å². The van der Waals surface area contributed by atoms with Crippen molar-refractivity contribution in [2.45, 2.75) is 19.9 Å². The lowest BCUT2D eigenvalue weighted by Crippen LogP contribution is -2.04. The molecular formula is C16H16FN3. The van der Waals surface area contributed by atoms with E-state index in [0.29, 0.717) is 18.0 Å². The van der Waals surface area contributed by atoms with Crippen LogP contribution in [0.5, 0.6) is 0 Å². The molecule has 0 aliphatic heterocycles. The Labute approximate surface area is 116 Å². The third-order valence-electron chi connectivity index (χ3n) is 3.51. The summed E-state index contributed by atoms with van der Waals surface area (Å²) in [5.74, 6) is 0.130. The van der Waals surface area contributed by atoms with E-state index in [1.54, 1.807) is 6.07 Å². The first-order valence-corrected chi connectivity index (χ1v) is 6.66. The summed E-state index contributed by atoms with van der Waals surface area (Å²) in [4.78, 5) is 4.26. The van der Waals surface area contributed by atoms with Crippen molar-refractivity contribution in [2.75, 3.05) is 5.73 Å². The van der Waals surface area contributed by atoms with Crippen LogP contribution in [-0.4, -0.2) is 9.55 Å². The number of nitrogens with two attached hydrogens (primary N) is 1. The molecule has 2 N–H and O–H groups in total. The number of aryl methyl sites for hydroxylation is 1. The van der Waals surface area contributed by atoms with E-state index in [2.05, 4.69) is 36.2 Å². The van der Waals surface area contributed by atoms with E-state index in [1.165, 1.54) is 17.7 Å². The van der Waals surface area contributed by atoms with Gasteiger partial charge in [-0.3, -0.25) is 0 Å². The molecule has 20 heavy (non-hydrogen) atoms. The highest BCUT2D eigenvalue weighted by Crippen LogP contribution is 2.20. The standard InChI is InChI=1S/C16H16FN3/c1-2-11-3-5-12(6-4-11)10-20-15-9-13(17)7-8-14(15)19-16(20)18/h3-9H,2,10H2,1H3,(H2,18,19). The first-order valence-electron chi connectivity index (χ1n) is 6.66. The zero-order chi connectivity index (χ0) is 14.1. The van der Waals surface area contributed by atoms with Crippen molar-refractivity contribution in [3.8, 4) is 0 Å². The highest BCUT2D eigenvalue weighted by atomic mass is 19.1. The van der Waals surface area contributed by atoms with Crippen molar-refractivity contribution < 1.29 is 4.39 Å². The number of fused-ring (bicyclic) bond motifs is 1. The quantitative estimate of drug-likeness (QED) is 0.792. The molecule has 0 unspecified atom stereocenters. The van der Waals surface area contributed by atoms with Crippen LogP contribution in [0.1, 0.15) is 18.1 Å². The Hall–Kier alpha value is -2.36. The van der Waals surface area contributed by atoms with E-state index in [9.17, 15) is 4.39 Å². The van der Waals surface area contributed by atoms with E-state index < -0.39 is 0 Å². The summed E-state index contributed by atoms with van der Waals surface area (Å²) in [6.07, 6.45) is 1.02. The number of nitrogens with zero attached hydrogens (tertiary/aromatic N) is 2. The second-order valence-electron chi connectivity index (χ2n) is 4.86. The van der Waals surface area contributed by atoms with Crippen LogP contribution in [-0.2, 0) is 13.0 Å². The number of halogens is 1. The van der Waals surface area contributed by atoms with Gasteiger partial charge in [0.25, 0.3) is 0 Å². The molecule has 0 saturated heterocycles. The van der Waals surface area contributed by atoms with Gasteiger partial charge >= 0.3 is 0 Å². The van der Waals surface area contributed by atoms with Gasteiger partial charge in [0.15, 0.2) is 0 Å². The lowest BCUT2D eigenvalue weighted by molar-refractivity contribution is 0.628. The molecule has 3 nitrogen and oxygen atoms in total. The molecule has 2 aromatic carbocycles. The predicted molar refractivity (Wildman–Crippen MR) is 79.0 cm³/mol. The van der Waals surface area contributed by atoms with Crippen molar-refractivity contribution in [3.05, 3.63) is 59.4 Å². The van der Waals surface area contributed by atoms with Crippen LogP contribution in [0.25, 0.3) is 11.0 Å². The van der Waals surface area contributed by atoms with Crippen molar-refractivity contribution in [1.29, 1.82) is 0 Å². The molecule has 0 amide bonds. The summed E-state index contributed by atoms with van der Waals surface area (Å²) >= 11 is 0. The van der Waals surface area contributed by atoms with Crippen molar-refractivity contribution in [1.82, 2.24) is 9.55 Å². The lowest BCUT2D eigenvalue weighted by Gasteiger charge is -2.07. The Kier molecular flexibility index (Phi) is 3.14. The van der Waals surface area contributed by atoms with Gasteiger partial charge in [0.05, 0.1) is 17.6 Å². The number of anilines is 1. The molecule has 3 aromatic rings. The first-order chi connectivity index (χ1) is 9.67. The fourth-order valence-electron chi connectivity index (χ4n) is 2.34. The summed E-state index contributed by atoms with van der Waals surface area (Å²) in [7, 11) is 0. The summed E-state index contributed by atoms with van der Waals surface area (Å²) in [5, 5.41) is 0. The Morgan fingerprint density at radius 2 is 1.80 bits per heavy atom. The van der Waals surface area contributed by atoms with Crippen LogP contribution in [0.4, 0.5) is 10.3 Å². The van der Waals surface area contributed by atoms with Crippen molar-refractivity contribution in [3.63, 3.8) is 0 Å². The van der Waals surface area contributed by atoms with Crippen LogP contribution in [0.3, 0.4) is 0 Å². The molecule has 0 radical (unpaired) electrons. The van der Waals surface area contributed by atoms with Crippen LogP contribution in [0, 0.1) is 5.82 Å². The van der Waals surface area contributed by atoms with Gasteiger partial charge in [-0.2, -0.15) is 0 Å². The summed E-state index contributed by atoms with van der Waals surface area (Å²) in [6.45, 7) is 2.72. The summed E-state index contributed by atoms with van der Waals surface area (Å²) < 4.78 is 15.2. The van der Waals surface area contributed by atoms with Crippen LogP contribution < -0.4 is 5.73 Å². The van der Waals surface area contributed by atoms with E-state index in [4.69, 9.17) is 5.73 Å². The molecule has 102 valence electrons. The Morgan fingerprint density at radius 3 is 2.50 bits per heavy atom. The third kappa shape index (κ3) is 2.25. The number of rotatable bonds is 3. The zero-order valence-electron chi connectivity index (χ0n) is 11.3. The van der Waals surface area contributed by atoms with Crippen molar-refractivity contribution >= 4 is 17.0 Å². The zero-order valence-corrected chi connectivity index (χ0v) is 11.3. The minimum Gasteiger partial charge on any atom is -0.369 e. The van der Waals surface area contributed by atoms with Gasteiger partial charge in [-0.25, -0.2) is 9.37 Å². The van der Waals surface area contributed by atoms with E-state index >= 15 is 0 Å². The lowest BCUT2D eigenvalue weighted by atomic mass is 10.1. The average molecular weight is 269 g/mol. The first kappa shape index (κ1) is 12.7. The van der Waals surface area contributed by atoms with Crippen LogP contribution in [0.15, 0.2) is 42.5 Å². The molecule has 1 aromatic heterocycles. The van der Waals surface area contributed by atoms with Crippen LogP contribution in [0.2, 0.25) is 0 Å². The largest absolute Gasteiger partial charge is 0.369 e. The molecule has 4 heteroatoms. The number of aromatic nitrogens is 2. The number of nitrogen functional groups attached to an aromatic ring is 1. The molecule has 0 aliphatic rings. The van der Waals surface area contributed by atoms with Gasteiger partial charge < -0.3 is 10.3 Å². The number of benzene rings is 2. The third-order valence-corrected chi connectivity index (χ3v) is 3.51.